The summed E-state index contributed by atoms with van der Waals surface area (Å²) < 4.78 is 11.7. The summed E-state index contributed by atoms with van der Waals surface area (Å²) in [5, 5.41) is 0. The molecule has 5 atom stereocenters. The van der Waals surface area contributed by atoms with Crippen LogP contribution < -0.4 is 0 Å². The zero-order valence-corrected chi connectivity index (χ0v) is 17.0. The number of carbonyl (C=O) groups excluding carboxylic acids is 2. The van der Waals surface area contributed by atoms with Crippen molar-refractivity contribution >= 4 is 11.9 Å². The second-order valence-electron chi connectivity index (χ2n) is 9.16. The maximum absolute atomic E-state index is 13.1. The molecule has 4 nitrogen and oxygen atoms in total. The molecule has 2 bridgehead atoms. The van der Waals surface area contributed by atoms with Crippen LogP contribution in [0.4, 0.5) is 0 Å². The van der Waals surface area contributed by atoms with E-state index in [1.165, 1.54) is 5.57 Å². The molecular weight excluding hydrogens is 352 g/mol. The van der Waals surface area contributed by atoms with Gasteiger partial charge in [0, 0.05) is 17.1 Å². The van der Waals surface area contributed by atoms with Gasteiger partial charge in [-0.1, -0.05) is 32.8 Å². The van der Waals surface area contributed by atoms with Crippen LogP contribution in [0.3, 0.4) is 0 Å². The normalized spacial score (nSPS) is 39.5. The van der Waals surface area contributed by atoms with Crippen molar-refractivity contribution in [2.24, 2.45) is 23.2 Å². The fourth-order valence-electron chi connectivity index (χ4n) is 6.63. The minimum atomic E-state index is -0.425. The van der Waals surface area contributed by atoms with Crippen LogP contribution in [0.2, 0.25) is 0 Å². The fraction of sp³-hybridized carbons (Fsp3) is 0.667. The zero-order chi connectivity index (χ0) is 19.5. The van der Waals surface area contributed by atoms with E-state index >= 15 is 0 Å². The average molecular weight is 383 g/mol. The van der Waals surface area contributed by atoms with Crippen molar-refractivity contribution in [2.45, 2.75) is 77.7 Å². The largest absolute Gasteiger partial charge is 0.454 e. The number of ether oxygens (including phenoxy) is 2. The molecule has 0 aromatic carbocycles. The summed E-state index contributed by atoms with van der Waals surface area (Å²) in [5.74, 6) is 1.37. The van der Waals surface area contributed by atoms with Crippen LogP contribution in [0.1, 0.15) is 71.6 Å². The first-order valence-electron chi connectivity index (χ1n) is 11.2. The molecule has 0 N–H and O–H groups in total. The third-order valence-electron chi connectivity index (χ3n) is 7.80. The molecular formula is C24H30O4. The second-order valence-corrected chi connectivity index (χ2v) is 9.16. The fourth-order valence-corrected chi connectivity index (χ4v) is 6.63. The van der Waals surface area contributed by atoms with E-state index in [-0.39, 0.29) is 24.0 Å². The number of esters is 2. The van der Waals surface area contributed by atoms with Crippen molar-refractivity contribution in [3.05, 3.63) is 34.6 Å². The van der Waals surface area contributed by atoms with E-state index in [0.29, 0.717) is 11.8 Å². The van der Waals surface area contributed by atoms with Crippen LogP contribution in [0.5, 0.6) is 0 Å². The van der Waals surface area contributed by atoms with Crippen molar-refractivity contribution in [2.75, 3.05) is 0 Å². The molecule has 2 aliphatic heterocycles. The standard InChI is InChI=1S/C24H30O4/c1-3-5-7-18-16-10-9-15-14-11-12-24(21(15)20(16)23(26)27-18)17(13-14)22(25)28-19(24)8-6-4-2/h8,13-15,18,21H,3-7,9-12H2,1-2H3/t14-,15+,18-,21-,24+/m1/s1. The van der Waals surface area contributed by atoms with Crippen molar-refractivity contribution in [1.82, 2.24) is 0 Å². The molecule has 1 spiro atoms. The predicted octanol–water partition coefficient (Wildman–Crippen LogP) is 5.00. The van der Waals surface area contributed by atoms with Crippen molar-refractivity contribution in [3.63, 3.8) is 0 Å². The zero-order valence-electron chi connectivity index (χ0n) is 17.0. The lowest BCUT2D eigenvalue weighted by molar-refractivity contribution is -0.141. The molecule has 150 valence electrons. The van der Waals surface area contributed by atoms with Gasteiger partial charge in [0.15, 0.2) is 0 Å². The van der Waals surface area contributed by atoms with Crippen LogP contribution in [-0.2, 0) is 19.1 Å². The van der Waals surface area contributed by atoms with Crippen LogP contribution in [-0.4, -0.2) is 18.0 Å². The number of fused-ring (bicyclic) bond motifs is 1. The average Bonchev–Trinajstić information content (AvgIpc) is 3.19. The van der Waals surface area contributed by atoms with Gasteiger partial charge in [-0.05, 0) is 68.4 Å². The van der Waals surface area contributed by atoms with Crippen LogP contribution in [0.15, 0.2) is 34.6 Å². The number of cyclic esters (lactones) is 2. The van der Waals surface area contributed by atoms with E-state index in [9.17, 15) is 9.59 Å². The maximum atomic E-state index is 13.1. The van der Waals surface area contributed by atoms with Gasteiger partial charge in [-0.15, -0.1) is 0 Å². The number of hydrogen-bond donors (Lipinski definition) is 0. The number of rotatable bonds is 5. The van der Waals surface area contributed by atoms with Gasteiger partial charge in [-0.25, -0.2) is 9.59 Å². The van der Waals surface area contributed by atoms with Gasteiger partial charge in [0.25, 0.3) is 0 Å². The molecule has 0 radical (unpaired) electrons. The lowest BCUT2D eigenvalue weighted by Crippen LogP contribution is -2.50. The van der Waals surface area contributed by atoms with Crippen LogP contribution in [0.25, 0.3) is 0 Å². The summed E-state index contributed by atoms with van der Waals surface area (Å²) >= 11 is 0. The summed E-state index contributed by atoms with van der Waals surface area (Å²) in [4.78, 5) is 25.8. The highest BCUT2D eigenvalue weighted by Gasteiger charge is 2.66. The molecule has 4 aliphatic carbocycles. The molecule has 2 heterocycles. The summed E-state index contributed by atoms with van der Waals surface area (Å²) in [5.41, 5.74) is 2.54. The molecule has 28 heavy (non-hydrogen) atoms. The highest BCUT2D eigenvalue weighted by Crippen LogP contribution is 2.68. The van der Waals surface area contributed by atoms with E-state index < -0.39 is 5.41 Å². The Morgan fingerprint density at radius 3 is 2.82 bits per heavy atom. The SMILES string of the molecule is CCCC=C1OC(=O)C2=C[C@H]3CC[C@@]12[C@H]1C2=C(CC[C@@H]31)[C@@H](CCCC)OC2=O. The molecule has 0 aromatic rings. The molecule has 0 amide bonds. The number of unbranched alkanes of at least 4 members (excludes halogenated alkanes) is 2. The van der Waals surface area contributed by atoms with Gasteiger partial charge in [-0.3, -0.25) is 0 Å². The van der Waals surface area contributed by atoms with Gasteiger partial charge in [0.1, 0.15) is 11.9 Å². The van der Waals surface area contributed by atoms with Gasteiger partial charge in [-0.2, -0.15) is 0 Å². The van der Waals surface area contributed by atoms with E-state index in [4.69, 9.17) is 9.47 Å². The monoisotopic (exact) mass is 382 g/mol. The van der Waals surface area contributed by atoms with Gasteiger partial charge >= 0.3 is 11.9 Å². The van der Waals surface area contributed by atoms with Crippen LogP contribution in [0, 0.1) is 23.2 Å². The number of hydrogen-bond acceptors (Lipinski definition) is 4. The number of allylic oxidation sites excluding steroid dienone is 3. The van der Waals surface area contributed by atoms with E-state index in [0.717, 1.165) is 74.7 Å². The Labute approximate surface area is 167 Å². The molecule has 1 saturated carbocycles. The van der Waals surface area contributed by atoms with Crippen molar-refractivity contribution in [3.8, 4) is 0 Å². The third-order valence-corrected chi connectivity index (χ3v) is 7.80. The Bertz CT molecular complexity index is 816. The topological polar surface area (TPSA) is 52.6 Å². The lowest BCUT2D eigenvalue weighted by Gasteiger charge is -2.54. The maximum Gasteiger partial charge on any atom is 0.339 e. The Morgan fingerprint density at radius 2 is 2.04 bits per heavy atom. The molecule has 6 rings (SSSR count). The Hall–Kier alpha value is -1.84. The summed E-state index contributed by atoms with van der Waals surface area (Å²) in [6.45, 7) is 4.31. The third kappa shape index (κ3) is 2.29. The first kappa shape index (κ1) is 18.2. The van der Waals surface area contributed by atoms with Gasteiger partial charge in [0.2, 0.25) is 0 Å². The van der Waals surface area contributed by atoms with E-state index in [1.807, 2.05) is 0 Å². The molecule has 0 unspecified atom stereocenters. The molecule has 4 heteroatoms. The van der Waals surface area contributed by atoms with Crippen LogP contribution >= 0.6 is 0 Å². The second kappa shape index (κ2) is 6.60. The molecule has 1 saturated heterocycles. The molecule has 2 fully saturated rings. The Kier molecular flexibility index (Phi) is 4.29. The summed E-state index contributed by atoms with van der Waals surface area (Å²) in [6.07, 6.45) is 13.3. The molecule has 0 aromatic heterocycles. The Morgan fingerprint density at radius 1 is 1.18 bits per heavy atom. The number of carbonyl (C=O) groups is 2. The molecule has 6 aliphatic rings. The smallest absolute Gasteiger partial charge is 0.339 e. The summed E-state index contributed by atoms with van der Waals surface area (Å²) in [7, 11) is 0. The van der Waals surface area contributed by atoms with Crippen molar-refractivity contribution in [1.29, 1.82) is 0 Å². The van der Waals surface area contributed by atoms with E-state index in [1.54, 1.807) is 0 Å². The first-order chi connectivity index (χ1) is 13.6. The summed E-state index contributed by atoms with van der Waals surface area (Å²) in [6, 6.07) is 0. The highest BCUT2D eigenvalue weighted by molar-refractivity contribution is 5.99. The minimum Gasteiger partial charge on any atom is -0.454 e. The first-order valence-corrected chi connectivity index (χ1v) is 11.2. The van der Waals surface area contributed by atoms with Gasteiger partial charge in [0.05, 0.1) is 5.41 Å². The van der Waals surface area contributed by atoms with Gasteiger partial charge < -0.3 is 9.47 Å². The van der Waals surface area contributed by atoms with E-state index in [2.05, 4.69) is 26.0 Å². The Balaban J connectivity index is 1.63. The lowest BCUT2D eigenvalue weighted by atomic mass is 9.46. The quantitative estimate of drug-likeness (QED) is 0.628. The minimum absolute atomic E-state index is 0.0474. The predicted molar refractivity (Wildman–Crippen MR) is 105 cm³/mol. The van der Waals surface area contributed by atoms with Crippen molar-refractivity contribution < 1.29 is 19.1 Å². The highest BCUT2D eigenvalue weighted by atomic mass is 16.6.